The molecule has 2 aromatic heterocycles. The van der Waals surface area contributed by atoms with Crippen LogP contribution < -0.4 is 4.90 Å². The first kappa shape index (κ1) is 13.8. The van der Waals surface area contributed by atoms with E-state index in [1.165, 1.54) is 0 Å². The number of nitrogens with zero attached hydrogens (tertiary/aromatic N) is 5. The second-order valence-electron chi connectivity index (χ2n) is 5.01. The number of piperidine rings is 1. The van der Waals surface area contributed by atoms with Crippen LogP contribution in [0.2, 0.25) is 5.02 Å². The third kappa shape index (κ3) is 2.96. The van der Waals surface area contributed by atoms with Gasteiger partial charge in [-0.15, -0.1) is 0 Å². The Morgan fingerprint density at radius 1 is 1.19 bits per heavy atom. The number of halogens is 1. The average molecular weight is 300 g/mol. The van der Waals surface area contributed by atoms with Crippen molar-refractivity contribution in [2.24, 2.45) is 0 Å². The maximum atomic E-state index is 8.85. The molecule has 0 bridgehead atoms. The van der Waals surface area contributed by atoms with Crippen molar-refractivity contribution in [2.75, 3.05) is 18.0 Å². The van der Waals surface area contributed by atoms with Crippen LogP contribution in [0.4, 0.5) is 5.82 Å². The van der Waals surface area contributed by atoms with Crippen molar-refractivity contribution in [1.82, 2.24) is 15.0 Å². The molecular formula is C15H14ClN5. The molecular weight excluding hydrogens is 286 g/mol. The number of anilines is 1. The van der Waals surface area contributed by atoms with Crippen molar-refractivity contribution in [2.45, 2.75) is 18.8 Å². The number of pyridine rings is 1. The summed E-state index contributed by atoms with van der Waals surface area (Å²) in [7, 11) is 0. The average Bonchev–Trinajstić information content (AvgIpc) is 2.56. The molecule has 0 amide bonds. The van der Waals surface area contributed by atoms with E-state index < -0.39 is 0 Å². The fourth-order valence-corrected chi connectivity index (χ4v) is 2.88. The molecule has 21 heavy (non-hydrogen) atoms. The van der Waals surface area contributed by atoms with Crippen molar-refractivity contribution >= 4 is 17.4 Å². The van der Waals surface area contributed by atoms with Gasteiger partial charge in [0.1, 0.15) is 17.7 Å². The lowest BCUT2D eigenvalue weighted by Gasteiger charge is -2.32. The molecule has 0 N–H and O–H groups in total. The van der Waals surface area contributed by atoms with Crippen LogP contribution in [0, 0.1) is 11.3 Å². The highest BCUT2D eigenvalue weighted by Crippen LogP contribution is 2.31. The van der Waals surface area contributed by atoms with E-state index in [-0.39, 0.29) is 0 Å². The van der Waals surface area contributed by atoms with Gasteiger partial charge in [-0.3, -0.25) is 0 Å². The van der Waals surface area contributed by atoms with Crippen molar-refractivity contribution in [3.63, 3.8) is 0 Å². The summed E-state index contributed by atoms with van der Waals surface area (Å²) in [6.07, 6.45) is 7.08. The van der Waals surface area contributed by atoms with Gasteiger partial charge in [0.05, 0.1) is 10.6 Å². The van der Waals surface area contributed by atoms with Crippen LogP contribution in [-0.4, -0.2) is 28.0 Å². The Hall–Kier alpha value is -2.19. The minimum absolute atomic E-state index is 0.389. The van der Waals surface area contributed by atoms with Gasteiger partial charge in [0, 0.05) is 37.6 Å². The highest BCUT2D eigenvalue weighted by atomic mass is 35.5. The summed E-state index contributed by atoms with van der Waals surface area (Å²) < 4.78 is 0. The van der Waals surface area contributed by atoms with Crippen LogP contribution in [0.15, 0.2) is 30.7 Å². The highest BCUT2D eigenvalue weighted by molar-refractivity contribution is 6.33. The monoisotopic (exact) mass is 299 g/mol. The fourth-order valence-electron chi connectivity index (χ4n) is 2.60. The van der Waals surface area contributed by atoms with E-state index in [0.717, 1.165) is 37.6 Å². The van der Waals surface area contributed by atoms with Gasteiger partial charge in [0.2, 0.25) is 0 Å². The van der Waals surface area contributed by atoms with Crippen molar-refractivity contribution < 1.29 is 0 Å². The lowest BCUT2D eigenvalue weighted by molar-refractivity contribution is 0.483. The van der Waals surface area contributed by atoms with Crippen LogP contribution in [0.5, 0.6) is 0 Å². The van der Waals surface area contributed by atoms with Gasteiger partial charge in [0.25, 0.3) is 0 Å². The first-order valence-corrected chi connectivity index (χ1v) is 7.23. The van der Waals surface area contributed by atoms with Gasteiger partial charge >= 0.3 is 0 Å². The molecule has 3 rings (SSSR count). The maximum Gasteiger partial charge on any atom is 0.147 e. The Labute approximate surface area is 128 Å². The quantitative estimate of drug-likeness (QED) is 0.853. The number of hydrogen-bond donors (Lipinski definition) is 0. The van der Waals surface area contributed by atoms with Crippen molar-refractivity contribution in [3.8, 4) is 6.07 Å². The minimum atomic E-state index is 0.389. The lowest BCUT2D eigenvalue weighted by Crippen LogP contribution is -2.34. The van der Waals surface area contributed by atoms with Gasteiger partial charge in [-0.05, 0) is 25.0 Å². The molecule has 0 unspecified atom stereocenters. The molecule has 2 aromatic rings. The van der Waals surface area contributed by atoms with Crippen molar-refractivity contribution in [3.05, 3.63) is 47.1 Å². The maximum absolute atomic E-state index is 8.85. The van der Waals surface area contributed by atoms with E-state index in [9.17, 15) is 0 Å². The zero-order chi connectivity index (χ0) is 14.7. The summed E-state index contributed by atoms with van der Waals surface area (Å²) in [5, 5.41) is 9.38. The first-order chi connectivity index (χ1) is 10.3. The summed E-state index contributed by atoms with van der Waals surface area (Å²) in [6.45, 7) is 1.73. The lowest BCUT2D eigenvalue weighted by atomic mass is 9.96. The fraction of sp³-hybridized carbons (Fsp3) is 0.333. The molecule has 0 saturated carbocycles. The van der Waals surface area contributed by atoms with Crippen molar-refractivity contribution in [1.29, 1.82) is 5.26 Å². The summed E-state index contributed by atoms with van der Waals surface area (Å²) in [4.78, 5) is 15.1. The predicted molar refractivity (Wildman–Crippen MR) is 80.2 cm³/mol. The van der Waals surface area contributed by atoms with E-state index in [0.29, 0.717) is 16.5 Å². The first-order valence-electron chi connectivity index (χ1n) is 6.85. The summed E-state index contributed by atoms with van der Waals surface area (Å²) in [6, 6.07) is 5.54. The Bertz CT molecular complexity index is 660. The second-order valence-corrected chi connectivity index (χ2v) is 5.42. The Balaban J connectivity index is 1.70. The molecule has 6 heteroatoms. The second kappa shape index (κ2) is 6.06. The standard InChI is InChI=1S/C15H14ClN5/c16-13-8-11(9-17)10-20-15(13)21-6-2-12(3-7-21)14-18-4-1-5-19-14/h1,4-5,8,10,12H,2-3,6-7H2. The van der Waals surface area contributed by atoms with Gasteiger partial charge in [-0.1, -0.05) is 11.6 Å². The van der Waals surface area contributed by atoms with E-state index in [4.69, 9.17) is 16.9 Å². The Kier molecular flexibility index (Phi) is 3.98. The number of nitriles is 1. The van der Waals surface area contributed by atoms with Crippen LogP contribution in [0.3, 0.4) is 0 Å². The largest absolute Gasteiger partial charge is 0.355 e. The molecule has 1 saturated heterocycles. The molecule has 0 spiro atoms. The molecule has 1 aliphatic rings. The third-order valence-electron chi connectivity index (χ3n) is 3.70. The predicted octanol–water partition coefficient (Wildman–Crippen LogP) is 2.78. The van der Waals surface area contributed by atoms with Gasteiger partial charge in [0.15, 0.2) is 0 Å². The molecule has 5 nitrogen and oxygen atoms in total. The van der Waals surface area contributed by atoms with Gasteiger partial charge in [-0.2, -0.15) is 5.26 Å². The SMILES string of the molecule is N#Cc1cnc(N2CCC(c3ncccn3)CC2)c(Cl)c1. The summed E-state index contributed by atoms with van der Waals surface area (Å²) in [5.74, 6) is 2.05. The summed E-state index contributed by atoms with van der Waals surface area (Å²) in [5.41, 5.74) is 0.483. The Morgan fingerprint density at radius 3 is 2.52 bits per heavy atom. The molecule has 0 atom stereocenters. The van der Waals surface area contributed by atoms with Crippen LogP contribution in [0.1, 0.15) is 30.1 Å². The van der Waals surface area contributed by atoms with Gasteiger partial charge in [-0.25, -0.2) is 15.0 Å². The molecule has 3 heterocycles. The normalized spacial score (nSPS) is 15.7. The van der Waals surface area contributed by atoms with E-state index in [2.05, 4.69) is 19.9 Å². The van der Waals surface area contributed by atoms with Gasteiger partial charge < -0.3 is 4.90 Å². The number of rotatable bonds is 2. The molecule has 106 valence electrons. The molecule has 1 fully saturated rings. The van der Waals surface area contributed by atoms with E-state index in [1.54, 1.807) is 24.7 Å². The van der Waals surface area contributed by atoms with Crippen LogP contribution >= 0.6 is 11.6 Å². The van der Waals surface area contributed by atoms with Crippen LogP contribution in [0.25, 0.3) is 0 Å². The zero-order valence-corrected chi connectivity index (χ0v) is 12.2. The summed E-state index contributed by atoms with van der Waals surface area (Å²) >= 11 is 6.21. The minimum Gasteiger partial charge on any atom is -0.355 e. The number of hydrogen-bond acceptors (Lipinski definition) is 5. The van der Waals surface area contributed by atoms with Crippen LogP contribution in [-0.2, 0) is 0 Å². The third-order valence-corrected chi connectivity index (χ3v) is 3.97. The number of aromatic nitrogens is 3. The Morgan fingerprint density at radius 2 is 1.90 bits per heavy atom. The molecule has 1 aliphatic heterocycles. The molecule has 0 radical (unpaired) electrons. The topological polar surface area (TPSA) is 65.7 Å². The van der Waals surface area contributed by atoms with E-state index >= 15 is 0 Å². The zero-order valence-electron chi connectivity index (χ0n) is 11.4. The highest BCUT2D eigenvalue weighted by Gasteiger charge is 2.24. The molecule has 0 aliphatic carbocycles. The smallest absolute Gasteiger partial charge is 0.147 e. The molecule has 0 aromatic carbocycles. The van der Waals surface area contributed by atoms with E-state index in [1.807, 2.05) is 12.1 Å².